The van der Waals surface area contributed by atoms with Crippen LogP contribution in [0.5, 0.6) is 0 Å². The summed E-state index contributed by atoms with van der Waals surface area (Å²) in [5, 5.41) is 0. The Morgan fingerprint density at radius 1 is 1.33 bits per heavy atom. The Kier molecular flexibility index (Phi) is 6.19. The lowest BCUT2D eigenvalue weighted by molar-refractivity contribution is 0.0987. The first-order chi connectivity index (χ1) is 10.1. The SMILES string of the molecule is CCC(N)C(c1cccnc1)N(CC(C)C)C1CCCC1. The van der Waals surface area contributed by atoms with Crippen molar-refractivity contribution in [2.75, 3.05) is 6.54 Å². The molecule has 1 aliphatic rings. The molecule has 0 radical (unpaired) electrons. The Bertz CT molecular complexity index is 398. The standard InChI is InChI=1S/C18H31N3/c1-4-17(19)18(15-8-7-11-20-12-15)21(13-14(2)3)16-9-5-6-10-16/h7-8,11-12,14,16-18H,4-6,9-10,13,19H2,1-3H3. The molecule has 3 heteroatoms. The van der Waals surface area contributed by atoms with Crippen molar-refractivity contribution in [1.29, 1.82) is 0 Å². The van der Waals surface area contributed by atoms with Crippen LogP contribution in [0.1, 0.15) is 64.5 Å². The maximum Gasteiger partial charge on any atom is 0.0517 e. The van der Waals surface area contributed by atoms with E-state index in [1.54, 1.807) is 0 Å². The van der Waals surface area contributed by atoms with Gasteiger partial charge in [-0.3, -0.25) is 9.88 Å². The van der Waals surface area contributed by atoms with Gasteiger partial charge in [0.15, 0.2) is 0 Å². The molecule has 1 heterocycles. The predicted octanol–water partition coefficient (Wildman–Crippen LogP) is 3.76. The third-order valence-corrected chi connectivity index (χ3v) is 4.63. The second kappa shape index (κ2) is 7.90. The molecule has 1 fully saturated rings. The van der Waals surface area contributed by atoms with Crippen LogP contribution in [0.4, 0.5) is 0 Å². The van der Waals surface area contributed by atoms with Crippen molar-refractivity contribution < 1.29 is 0 Å². The van der Waals surface area contributed by atoms with E-state index in [4.69, 9.17) is 5.73 Å². The second-order valence-electron chi connectivity index (χ2n) is 6.83. The molecule has 1 aliphatic carbocycles. The molecule has 1 aromatic heterocycles. The molecule has 0 aliphatic heterocycles. The number of aromatic nitrogens is 1. The van der Waals surface area contributed by atoms with Gasteiger partial charge in [0.25, 0.3) is 0 Å². The van der Waals surface area contributed by atoms with Gasteiger partial charge >= 0.3 is 0 Å². The lowest BCUT2D eigenvalue weighted by Crippen LogP contribution is -2.46. The van der Waals surface area contributed by atoms with Crippen molar-refractivity contribution in [3.63, 3.8) is 0 Å². The molecular weight excluding hydrogens is 258 g/mol. The highest BCUT2D eigenvalue weighted by Crippen LogP contribution is 2.33. The number of hydrogen-bond acceptors (Lipinski definition) is 3. The van der Waals surface area contributed by atoms with Gasteiger partial charge in [0.2, 0.25) is 0 Å². The van der Waals surface area contributed by atoms with Crippen molar-refractivity contribution >= 4 is 0 Å². The highest BCUT2D eigenvalue weighted by Gasteiger charge is 2.33. The molecule has 3 nitrogen and oxygen atoms in total. The zero-order valence-corrected chi connectivity index (χ0v) is 13.8. The van der Waals surface area contributed by atoms with E-state index >= 15 is 0 Å². The van der Waals surface area contributed by atoms with Crippen molar-refractivity contribution in [2.24, 2.45) is 11.7 Å². The van der Waals surface area contributed by atoms with Crippen LogP contribution in [0.2, 0.25) is 0 Å². The molecular formula is C18H31N3. The summed E-state index contributed by atoms with van der Waals surface area (Å²) >= 11 is 0. The predicted molar refractivity (Wildman–Crippen MR) is 89.0 cm³/mol. The Labute approximate surface area is 129 Å². The zero-order chi connectivity index (χ0) is 15.2. The topological polar surface area (TPSA) is 42.1 Å². The van der Waals surface area contributed by atoms with Crippen LogP contribution in [0, 0.1) is 5.92 Å². The molecule has 1 aromatic rings. The molecule has 1 saturated carbocycles. The van der Waals surface area contributed by atoms with Crippen LogP contribution in [0.25, 0.3) is 0 Å². The average Bonchev–Trinajstić information content (AvgIpc) is 3.01. The van der Waals surface area contributed by atoms with Gasteiger partial charge in [0.05, 0.1) is 6.04 Å². The smallest absolute Gasteiger partial charge is 0.0517 e. The van der Waals surface area contributed by atoms with Gasteiger partial charge in [0.1, 0.15) is 0 Å². The molecule has 0 saturated heterocycles. The van der Waals surface area contributed by atoms with E-state index in [-0.39, 0.29) is 6.04 Å². The monoisotopic (exact) mass is 289 g/mol. The van der Waals surface area contributed by atoms with Crippen molar-refractivity contribution in [3.05, 3.63) is 30.1 Å². The minimum absolute atomic E-state index is 0.175. The normalized spacial score (nSPS) is 19.3. The van der Waals surface area contributed by atoms with E-state index in [2.05, 4.69) is 36.7 Å². The van der Waals surface area contributed by atoms with Gasteiger partial charge in [-0.1, -0.05) is 39.7 Å². The number of nitrogens with zero attached hydrogens (tertiary/aromatic N) is 2. The van der Waals surface area contributed by atoms with Crippen molar-refractivity contribution in [3.8, 4) is 0 Å². The Morgan fingerprint density at radius 3 is 2.57 bits per heavy atom. The van der Waals surface area contributed by atoms with E-state index in [9.17, 15) is 0 Å². The van der Waals surface area contributed by atoms with Crippen LogP contribution in [-0.2, 0) is 0 Å². The summed E-state index contributed by atoms with van der Waals surface area (Å²) in [6, 6.07) is 5.39. The van der Waals surface area contributed by atoms with E-state index in [1.807, 2.05) is 18.5 Å². The Balaban J connectivity index is 2.29. The summed E-state index contributed by atoms with van der Waals surface area (Å²) in [5.74, 6) is 0.661. The van der Waals surface area contributed by atoms with Gasteiger partial charge in [-0.05, 0) is 36.8 Å². The molecule has 0 amide bonds. The summed E-state index contributed by atoms with van der Waals surface area (Å²) in [4.78, 5) is 7.01. The molecule has 0 spiro atoms. The first-order valence-corrected chi connectivity index (χ1v) is 8.54. The summed E-state index contributed by atoms with van der Waals surface area (Å²) in [6.07, 6.45) is 10.2. The van der Waals surface area contributed by atoms with E-state index in [0.717, 1.165) is 13.0 Å². The third-order valence-electron chi connectivity index (χ3n) is 4.63. The second-order valence-corrected chi connectivity index (χ2v) is 6.83. The molecule has 118 valence electrons. The van der Waals surface area contributed by atoms with Gasteiger partial charge in [0, 0.05) is 31.0 Å². The summed E-state index contributed by atoms with van der Waals surface area (Å²) in [7, 11) is 0. The zero-order valence-electron chi connectivity index (χ0n) is 13.8. The minimum Gasteiger partial charge on any atom is -0.326 e. The van der Waals surface area contributed by atoms with Crippen LogP contribution in [0.3, 0.4) is 0 Å². The average molecular weight is 289 g/mol. The van der Waals surface area contributed by atoms with Crippen LogP contribution in [-0.4, -0.2) is 28.5 Å². The van der Waals surface area contributed by atoms with E-state index < -0.39 is 0 Å². The fourth-order valence-corrected chi connectivity index (χ4v) is 3.61. The fraction of sp³-hybridized carbons (Fsp3) is 0.722. The van der Waals surface area contributed by atoms with Crippen LogP contribution < -0.4 is 5.73 Å². The van der Waals surface area contributed by atoms with E-state index in [0.29, 0.717) is 18.0 Å². The molecule has 2 atom stereocenters. The van der Waals surface area contributed by atoms with Crippen molar-refractivity contribution in [1.82, 2.24) is 9.88 Å². The maximum absolute atomic E-state index is 6.52. The van der Waals surface area contributed by atoms with Gasteiger partial charge < -0.3 is 5.73 Å². The number of pyridine rings is 1. The summed E-state index contributed by atoms with van der Waals surface area (Å²) in [5.41, 5.74) is 7.80. The Hall–Kier alpha value is -0.930. The number of nitrogens with two attached hydrogens (primary N) is 1. The molecule has 0 bridgehead atoms. The minimum atomic E-state index is 0.175. The van der Waals surface area contributed by atoms with Crippen LogP contribution in [0.15, 0.2) is 24.5 Å². The number of rotatable bonds is 7. The third kappa shape index (κ3) is 4.27. The fourth-order valence-electron chi connectivity index (χ4n) is 3.61. The molecule has 2 N–H and O–H groups in total. The largest absolute Gasteiger partial charge is 0.326 e. The van der Waals surface area contributed by atoms with Gasteiger partial charge in [-0.2, -0.15) is 0 Å². The molecule has 21 heavy (non-hydrogen) atoms. The highest BCUT2D eigenvalue weighted by molar-refractivity contribution is 5.17. The molecule has 2 rings (SSSR count). The summed E-state index contributed by atoms with van der Waals surface area (Å²) < 4.78 is 0. The van der Waals surface area contributed by atoms with E-state index in [1.165, 1.54) is 31.2 Å². The highest BCUT2D eigenvalue weighted by atomic mass is 15.2. The molecule has 2 unspecified atom stereocenters. The maximum atomic E-state index is 6.52. The first kappa shape index (κ1) is 16.4. The van der Waals surface area contributed by atoms with Gasteiger partial charge in [-0.15, -0.1) is 0 Å². The number of hydrogen-bond donors (Lipinski definition) is 1. The molecule has 0 aromatic carbocycles. The lowest BCUT2D eigenvalue weighted by Gasteiger charge is -2.40. The van der Waals surface area contributed by atoms with Gasteiger partial charge in [-0.25, -0.2) is 0 Å². The van der Waals surface area contributed by atoms with Crippen molar-refractivity contribution in [2.45, 2.75) is 71.0 Å². The quantitative estimate of drug-likeness (QED) is 0.831. The Morgan fingerprint density at radius 2 is 2.05 bits per heavy atom. The first-order valence-electron chi connectivity index (χ1n) is 8.54. The summed E-state index contributed by atoms with van der Waals surface area (Å²) in [6.45, 7) is 7.92. The lowest BCUT2D eigenvalue weighted by atomic mass is 9.94. The van der Waals surface area contributed by atoms with Crippen LogP contribution >= 0.6 is 0 Å².